The summed E-state index contributed by atoms with van der Waals surface area (Å²) in [6.45, 7) is 1.99. The second-order valence-electron chi connectivity index (χ2n) is 4.92. The molecule has 0 radical (unpaired) electrons. The van der Waals surface area contributed by atoms with Gasteiger partial charge < -0.3 is 10.4 Å². The molecule has 2 aromatic rings. The maximum Gasteiger partial charge on any atom is 0.321 e. The molecule has 23 heavy (non-hydrogen) atoms. The Morgan fingerprint density at radius 3 is 2.78 bits per heavy atom. The molecule has 0 saturated carbocycles. The van der Waals surface area contributed by atoms with Crippen LogP contribution in [0.1, 0.15) is 18.2 Å². The molecule has 0 aliphatic rings. The van der Waals surface area contributed by atoms with E-state index in [1.807, 2.05) is 36.6 Å². The molecular formula is C16H16BrN3O2S. The van der Waals surface area contributed by atoms with Crippen molar-refractivity contribution in [2.75, 3.05) is 18.5 Å². The van der Waals surface area contributed by atoms with Crippen LogP contribution in [0.3, 0.4) is 0 Å². The van der Waals surface area contributed by atoms with Crippen LogP contribution >= 0.6 is 27.3 Å². The Bertz CT molecular complexity index is 724. The van der Waals surface area contributed by atoms with Crippen molar-refractivity contribution >= 4 is 38.4 Å². The molecule has 3 N–H and O–H groups in total. The number of terminal acetylenes is 1. The topological polar surface area (TPSA) is 74.2 Å². The number of nitrogens with zero attached hydrogens (tertiary/aromatic N) is 1. The van der Waals surface area contributed by atoms with E-state index in [4.69, 9.17) is 11.5 Å². The van der Waals surface area contributed by atoms with Gasteiger partial charge in [-0.3, -0.25) is 5.32 Å². The fourth-order valence-corrected chi connectivity index (χ4v) is 3.04. The van der Waals surface area contributed by atoms with Crippen LogP contribution in [0.4, 0.5) is 9.93 Å². The highest BCUT2D eigenvalue weighted by atomic mass is 79.9. The second-order valence-corrected chi connectivity index (χ2v) is 6.69. The molecule has 120 valence electrons. The molecule has 1 aromatic heterocycles. The molecular weight excluding hydrogens is 378 g/mol. The monoisotopic (exact) mass is 393 g/mol. The lowest BCUT2D eigenvalue weighted by atomic mass is 9.81. The number of aliphatic hydroxyl groups excluding tert-OH is 1. The van der Waals surface area contributed by atoms with E-state index in [9.17, 15) is 4.79 Å². The first-order valence-electron chi connectivity index (χ1n) is 6.85. The van der Waals surface area contributed by atoms with Crippen LogP contribution in [0.15, 0.2) is 34.1 Å². The van der Waals surface area contributed by atoms with Crippen molar-refractivity contribution in [1.82, 2.24) is 10.3 Å². The van der Waals surface area contributed by atoms with Crippen molar-refractivity contribution < 1.29 is 9.90 Å². The Morgan fingerprint density at radius 1 is 1.48 bits per heavy atom. The van der Waals surface area contributed by atoms with Gasteiger partial charge in [0, 0.05) is 16.4 Å². The second kappa shape index (κ2) is 7.59. The molecule has 0 aliphatic heterocycles. The Kier molecular flexibility index (Phi) is 5.77. The lowest BCUT2D eigenvalue weighted by molar-refractivity contribution is 0.245. The summed E-state index contributed by atoms with van der Waals surface area (Å²) in [4.78, 5) is 16.0. The number of carbonyl (C=O) groups excluding carboxylic acids is 1. The van der Waals surface area contributed by atoms with Crippen molar-refractivity contribution in [3.05, 3.63) is 45.4 Å². The van der Waals surface area contributed by atoms with Gasteiger partial charge in [0.25, 0.3) is 0 Å². The van der Waals surface area contributed by atoms with Gasteiger partial charge in [0.2, 0.25) is 0 Å². The van der Waals surface area contributed by atoms with Crippen LogP contribution in [-0.4, -0.2) is 29.3 Å². The number of nitrogens with one attached hydrogen (secondary N) is 2. The van der Waals surface area contributed by atoms with Gasteiger partial charge in [0.1, 0.15) is 0 Å². The number of urea groups is 1. The van der Waals surface area contributed by atoms with E-state index in [-0.39, 0.29) is 13.2 Å². The van der Waals surface area contributed by atoms with Crippen LogP contribution in [0, 0.1) is 12.3 Å². The predicted molar refractivity (Wildman–Crippen MR) is 95.7 cm³/mol. The van der Waals surface area contributed by atoms with E-state index in [2.05, 4.69) is 37.5 Å². The molecule has 0 aliphatic carbocycles. The standard InChI is InChI=1S/C16H16BrN3O2S/c1-3-16(2,11-4-6-12(17)7-5-11)13-10-23-15(19-13)20-14(22)18-8-9-21/h1,4-7,10,21H,8-9H2,2H3,(H2,18,19,20,22)/t16-/m0/s1. The zero-order chi connectivity index (χ0) is 16.9. The third-order valence-electron chi connectivity index (χ3n) is 3.34. The van der Waals surface area contributed by atoms with Crippen LogP contribution in [-0.2, 0) is 5.41 Å². The minimum absolute atomic E-state index is 0.116. The molecule has 7 heteroatoms. The quantitative estimate of drug-likeness (QED) is 0.683. The molecule has 0 fully saturated rings. The van der Waals surface area contributed by atoms with E-state index < -0.39 is 11.4 Å². The number of anilines is 1. The van der Waals surface area contributed by atoms with Gasteiger partial charge in [-0.05, 0) is 24.6 Å². The Morgan fingerprint density at radius 2 is 2.17 bits per heavy atom. The number of hydrogen-bond acceptors (Lipinski definition) is 4. The fourth-order valence-electron chi connectivity index (χ4n) is 1.96. The van der Waals surface area contributed by atoms with Crippen LogP contribution in [0.25, 0.3) is 0 Å². The number of amides is 2. The molecule has 0 bridgehead atoms. The number of thiazole rings is 1. The molecule has 2 rings (SSSR count). The van der Waals surface area contributed by atoms with Crippen LogP contribution in [0.5, 0.6) is 0 Å². The van der Waals surface area contributed by atoms with Gasteiger partial charge >= 0.3 is 6.03 Å². The lowest BCUT2D eigenvalue weighted by Crippen LogP contribution is -2.31. The van der Waals surface area contributed by atoms with Gasteiger partial charge in [-0.15, -0.1) is 17.8 Å². The summed E-state index contributed by atoms with van der Waals surface area (Å²) in [5.41, 5.74) is 0.966. The predicted octanol–water partition coefficient (Wildman–Crippen LogP) is 2.96. The first-order valence-corrected chi connectivity index (χ1v) is 8.52. The van der Waals surface area contributed by atoms with Crippen molar-refractivity contribution in [1.29, 1.82) is 0 Å². The zero-order valence-electron chi connectivity index (χ0n) is 12.5. The average Bonchev–Trinajstić information content (AvgIpc) is 3.01. The minimum atomic E-state index is -0.682. The van der Waals surface area contributed by atoms with Crippen molar-refractivity contribution in [2.24, 2.45) is 0 Å². The molecule has 0 saturated heterocycles. The first-order chi connectivity index (χ1) is 11.0. The Hall–Kier alpha value is -1.88. The largest absolute Gasteiger partial charge is 0.395 e. The maximum absolute atomic E-state index is 11.6. The number of aromatic nitrogens is 1. The third-order valence-corrected chi connectivity index (χ3v) is 4.63. The first kappa shape index (κ1) is 17.5. The van der Waals surface area contributed by atoms with Crippen molar-refractivity contribution in [3.8, 4) is 12.3 Å². The van der Waals surface area contributed by atoms with E-state index in [0.717, 1.165) is 10.0 Å². The lowest BCUT2D eigenvalue weighted by Gasteiger charge is -2.22. The van der Waals surface area contributed by atoms with Gasteiger partial charge in [-0.25, -0.2) is 9.78 Å². The third kappa shape index (κ3) is 4.10. The Labute approximate surface area is 147 Å². The fraction of sp³-hybridized carbons (Fsp3) is 0.250. The molecule has 1 heterocycles. The Balaban J connectivity index is 2.21. The number of aliphatic hydroxyl groups is 1. The highest BCUT2D eigenvalue weighted by Gasteiger charge is 2.29. The number of halogens is 1. The summed E-state index contributed by atoms with van der Waals surface area (Å²) < 4.78 is 0.974. The average molecular weight is 394 g/mol. The SMILES string of the molecule is C#C[C@@](C)(c1ccc(Br)cc1)c1csc(NC(=O)NCCO)n1. The molecule has 0 spiro atoms. The smallest absolute Gasteiger partial charge is 0.321 e. The number of benzene rings is 1. The number of hydrogen-bond donors (Lipinski definition) is 3. The van der Waals surface area contributed by atoms with Crippen molar-refractivity contribution in [3.63, 3.8) is 0 Å². The number of rotatable bonds is 5. The van der Waals surface area contributed by atoms with Crippen LogP contribution in [0.2, 0.25) is 0 Å². The van der Waals surface area contributed by atoms with E-state index in [1.165, 1.54) is 11.3 Å². The van der Waals surface area contributed by atoms with E-state index in [1.54, 1.807) is 0 Å². The normalized spacial score (nSPS) is 13.0. The summed E-state index contributed by atoms with van der Waals surface area (Å²) >= 11 is 4.71. The zero-order valence-corrected chi connectivity index (χ0v) is 14.9. The summed E-state index contributed by atoms with van der Waals surface area (Å²) in [5.74, 6) is 2.80. The maximum atomic E-state index is 11.6. The van der Waals surface area contributed by atoms with Crippen molar-refractivity contribution in [2.45, 2.75) is 12.3 Å². The van der Waals surface area contributed by atoms with Gasteiger partial charge in [0.15, 0.2) is 5.13 Å². The molecule has 1 aromatic carbocycles. The number of carbonyl (C=O) groups is 1. The highest BCUT2D eigenvalue weighted by Crippen LogP contribution is 2.33. The highest BCUT2D eigenvalue weighted by molar-refractivity contribution is 9.10. The molecule has 5 nitrogen and oxygen atoms in total. The van der Waals surface area contributed by atoms with E-state index in [0.29, 0.717) is 10.8 Å². The minimum Gasteiger partial charge on any atom is -0.395 e. The summed E-state index contributed by atoms with van der Waals surface area (Å²) in [7, 11) is 0. The molecule has 0 unspecified atom stereocenters. The summed E-state index contributed by atoms with van der Waals surface area (Å²) in [6.07, 6.45) is 5.76. The van der Waals surface area contributed by atoms with Gasteiger partial charge in [0.05, 0.1) is 17.7 Å². The van der Waals surface area contributed by atoms with Gasteiger partial charge in [-0.2, -0.15) is 0 Å². The molecule has 2 amide bonds. The van der Waals surface area contributed by atoms with E-state index >= 15 is 0 Å². The molecule has 1 atom stereocenters. The summed E-state index contributed by atoms with van der Waals surface area (Å²) in [6, 6.07) is 7.35. The summed E-state index contributed by atoms with van der Waals surface area (Å²) in [5, 5.41) is 16.1. The van der Waals surface area contributed by atoms with Gasteiger partial charge in [-0.1, -0.05) is 34.0 Å². The van der Waals surface area contributed by atoms with Crippen LogP contribution < -0.4 is 10.6 Å².